The standard InChI is InChI=1S/C24H24Br2O5/c1-28-21-15-20(16-3-7-18(8-4-16)30-13-11-25)24(29-2)23(27)22(21)17-5-9-19(10-6-17)31-14-12-26/h3-10,15,27H,11-14H2,1-2H3. The fourth-order valence-corrected chi connectivity index (χ4v) is 3.57. The minimum Gasteiger partial charge on any atom is -0.504 e. The summed E-state index contributed by atoms with van der Waals surface area (Å²) in [6.45, 7) is 1.17. The molecular formula is C24H24Br2O5. The summed E-state index contributed by atoms with van der Waals surface area (Å²) in [6.07, 6.45) is 0. The largest absolute Gasteiger partial charge is 0.504 e. The minimum atomic E-state index is 0.0191. The van der Waals surface area contributed by atoms with Gasteiger partial charge in [-0.2, -0.15) is 0 Å². The van der Waals surface area contributed by atoms with E-state index < -0.39 is 0 Å². The first-order valence-corrected chi connectivity index (χ1v) is 11.9. The first kappa shape index (κ1) is 23.3. The molecule has 0 heterocycles. The lowest BCUT2D eigenvalue weighted by Gasteiger charge is -2.18. The van der Waals surface area contributed by atoms with Crippen LogP contribution in [-0.2, 0) is 0 Å². The number of aromatic hydroxyl groups is 1. The summed E-state index contributed by atoms with van der Waals surface area (Å²) in [4.78, 5) is 0. The van der Waals surface area contributed by atoms with Gasteiger partial charge in [0.05, 0.1) is 33.0 Å². The number of phenolic OH excluding ortho intramolecular Hbond substituents is 1. The molecule has 0 spiro atoms. The summed E-state index contributed by atoms with van der Waals surface area (Å²) >= 11 is 6.70. The Labute approximate surface area is 199 Å². The van der Waals surface area contributed by atoms with Gasteiger partial charge in [-0.1, -0.05) is 56.1 Å². The Hall–Kier alpha value is -2.38. The van der Waals surface area contributed by atoms with Crippen molar-refractivity contribution in [1.29, 1.82) is 0 Å². The summed E-state index contributed by atoms with van der Waals surface area (Å²) in [5, 5.41) is 12.6. The molecule has 0 aliphatic rings. The zero-order valence-corrected chi connectivity index (χ0v) is 20.5. The topological polar surface area (TPSA) is 57.2 Å². The Morgan fingerprint density at radius 1 is 0.742 bits per heavy atom. The minimum absolute atomic E-state index is 0.0191. The molecule has 0 aromatic heterocycles. The Bertz CT molecular complexity index is 988. The fourth-order valence-electron chi connectivity index (χ4n) is 3.25. The lowest BCUT2D eigenvalue weighted by molar-refractivity contribution is 0.345. The van der Waals surface area contributed by atoms with Crippen molar-refractivity contribution in [3.05, 3.63) is 54.6 Å². The van der Waals surface area contributed by atoms with Gasteiger partial charge in [-0.15, -0.1) is 0 Å². The highest BCUT2D eigenvalue weighted by Crippen LogP contribution is 2.49. The van der Waals surface area contributed by atoms with Gasteiger partial charge >= 0.3 is 0 Å². The predicted molar refractivity (Wildman–Crippen MR) is 131 cm³/mol. The van der Waals surface area contributed by atoms with Gasteiger partial charge in [0.1, 0.15) is 17.2 Å². The molecule has 0 amide bonds. The van der Waals surface area contributed by atoms with E-state index in [-0.39, 0.29) is 5.75 Å². The molecule has 1 N–H and O–H groups in total. The number of hydrogen-bond acceptors (Lipinski definition) is 5. The van der Waals surface area contributed by atoms with E-state index in [9.17, 15) is 5.11 Å². The zero-order chi connectivity index (χ0) is 22.2. The van der Waals surface area contributed by atoms with Gasteiger partial charge in [-0.3, -0.25) is 0 Å². The van der Waals surface area contributed by atoms with Crippen LogP contribution in [0.5, 0.6) is 28.7 Å². The van der Waals surface area contributed by atoms with Crippen molar-refractivity contribution in [3.8, 4) is 51.0 Å². The maximum absolute atomic E-state index is 11.1. The first-order chi connectivity index (χ1) is 15.1. The maximum atomic E-state index is 11.1. The van der Waals surface area contributed by atoms with E-state index in [1.54, 1.807) is 14.2 Å². The van der Waals surface area contributed by atoms with Crippen LogP contribution in [0.2, 0.25) is 0 Å². The summed E-state index contributed by atoms with van der Waals surface area (Å²) < 4.78 is 22.5. The number of alkyl halides is 2. The van der Waals surface area contributed by atoms with Gasteiger partial charge in [0.2, 0.25) is 0 Å². The van der Waals surface area contributed by atoms with Crippen LogP contribution in [0.3, 0.4) is 0 Å². The number of methoxy groups -OCH3 is 2. The normalized spacial score (nSPS) is 10.6. The van der Waals surface area contributed by atoms with Crippen LogP contribution in [0, 0.1) is 0 Å². The van der Waals surface area contributed by atoms with Gasteiger partial charge in [-0.25, -0.2) is 0 Å². The van der Waals surface area contributed by atoms with E-state index in [0.717, 1.165) is 38.8 Å². The van der Waals surface area contributed by atoms with Gasteiger partial charge in [0, 0.05) is 16.2 Å². The van der Waals surface area contributed by atoms with Crippen molar-refractivity contribution in [2.45, 2.75) is 0 Å². The molecule has 3 aromatic carbocycles. The van der Waals surface area contributed by atoms with Crippen LogP contribution < -0.4 is 18.9 Å². The quantitative estimate of drug-likeness (QED) is 0.300. The average Bonchev–Trinajstić information content (AvgIpc) is 2.81. The second-order valence-electron chi connectivity index (χ2n) is 6.51. The summed E-state index contributed by atoms with van der Waals surface area (Å²) in [7, 11) is 3.12. The van der Waals surface area contributed by atoms with E-state index in [1.807, 2.05) is 54.6 Å². The monoisotopic (exact) mass is 550 g/mol. The Morgan fingerprint density at radius 2 is 1.26 bits per heavy atom. The van der Waals surface area contributed by atoms with Crippen LogP contribution in [0.4, 0.5) is 0 Å². The summed E-state index contributed by atoms with van der Waals surface area (Å²) in [5.74, 6) is 2.47. The van der Waals surface area contributed by atoms with Crippen molar-refractivity contribution in [2.24, 2.45) is 0 Å². The second-order valence-corrected chi connectivity index (χ2v) is 8.09. The van der Waals surface area contributed by atoms with Gasteiger partial charge in [-0.05, 0) is 41.5 Å². The molecule has 0 saturated carbocycles. The molecule has 164 valence electrons. The van der Waals surface area contributed by atoms with Crippen LogP contribution in [0.15, 0.2) is 54.6 Å². The van der Waals surface area contributed by atoms with Crippen LogP contribution in [0.25, 0.3) is 22.3 Å². The summed E-state index contributed by atoms with van der Waals surface area (Å²) in [6, 6.07) is 17.0. The molecule has 0 fully saturated rings. The van der Waals surface area contributed by atoms with Crippen molar-refractivity contribution in [2.75, 3.05) is 38.1 Å². The maximum Gasteiger partial charge on any atom is 0.170 e. The van der Waals surface area contributed by atoms with E-state index in [2.05, 4.69) is 31.9 Å². The van der Waals surface area contributed by atoms with E-state index in [0.29, 0.717) is 30.3 Å². The van der Waals surface area contributed by atoms with E-state index >= 15 is 0 Å². The molecule has 3 aromatic rings. The molecule has 0 radical (unpaired) electrons. The van der Waals surface area contributed by atoms with Gasteiger partial charge < -0.3 is 24.1 Å². The number of hydrogen-bond donors (Lipinski definition) is 1. The molecule has 0 saturated heterocycles. The van der Waals surface area contributed by atoms with Crippen molar-refractivity contribution in [1.82, 2.24) is 0 Å². The van der Waals surface area contributed by atoms with Crippen molar-refractivity contribution < 1.29 is 24.1 Å². The average molecular weight is 552 g/mol. The molecule has 0 bridgehead atoms. The number of benzene rings is 3. The van der Waals surface area contributed by atoms with Gasteiger partial charge in [0.15, 0.2) is 11.5 Å². The molecule has 31 heavy (non-hydrogen) atoms. The van der Waals surface area contributed by atoms with Crippen LogP contribution in [0.1, 0.15) is 0 Å². The smallest absolute Gasteiger partial charge is 0.170 e. The Balaban J connectivity index is 2.02. The number of halogens is 2. The highest BCUT2D eigenvalue weighted by atomic mass is 79.9. The number of rotatable bonds is 10. The van der Waals surface area contributed by atoms with E-state index in [1.165, 1.54) is 0 Å². The molecule has 0 aliphatic carbocycles. The molecule has 0 unspecified atom stereocenters. The molecule has 5 nitrogen and oxygen atoms in total. The lowest BCUT2D eigenvalue weighted by Crippen LogP contribution is -1.98. The fraction of sp³-hybridized carbons (Fsp3) is 0.250. The molecule has 7 heteroatoms. The highest BCUT2D eigenvalue weighted by molar-refractivity contribution is 9.09. The number of ether oxygens (including phenoxy) is 4. The zero-order valence-electron chi connectivity index (χ0n) is 17.4. The molecule has 0 atom stereocenters. The SMILES string of the molecule is COc1cc(-c2ccc(OCCBr)cc2)c(OC)c(O)c1-c1ccc(OCCBr)cc1. The highest BCUT2D eigenvalue weighted by Gasteiger charge is 2.21. The van der Waals surface area contributed by atoms with Crippen molar-refractivity contribution in [3.63, 3.8) is 0 Å². The van der Waals surface area contributed by atoms with Gasteiger partial charge in [0.25, 0.3) is 0 Å². The third kappa shape index (κ3) is 5.46. The van der Waals surface area contributed by atoms with E-state index in [4.69, 9.17) is 18.9 Å². The second kappa shape index (κ2) is 11.3. The Kier molecular flexibility index (Phi) is 8.49. The number of phenols is 1. The van der Waals surface area contributed by atoms with Crippen molar-refractivity contribution >= 4 is 31.9 Å². The molecule has 3 rings (SSSR count). The van der Waals surface area contributed by atoms with Crippen LogP contribution in [-0.4, -0.2) is 43.2 Å². The third-order valence-corrected chi connectivity index (χ3v) is 5.29. The lowest BCUT2D eigenvalue weighted by atomic mass is 9.96. The van der Waals surface area contributed by atoms with Crippen LogP contribution >= 0.6 is 31.9 Å². The predicted octanol–water partition coefficient (Wildman–Crippen LogP) is 6.29. The Morgan fingerprint density at radius 3 is 1.71 bits per heavy atom. The molecular weight excluding hydrogens is 528 g/mol. The summed E-state index contributed by atoms with van der Waals surface area (Å²) in [5.41, 5.74) is 2.96. The first-order valence-electron chi connectivity index (χ1n) is 9.69. The molecule has 0 aliphatic heterocycles. The third-order valence-electron chi connectivity index (χ3n) is 4.64.